The molecule has 228 valence electrons. The number of pyridine rings is 1. The number of thiophene rings is 1. The van der Waals surface area contributed by atoms with Crippen LogP contribution in [0.25, 0.3) is 27.1 Å². The van der Waals surface area contributed by atoms with E-state index in [4.69, 9.17) is 33.8 Å². The Bertz CT molecular complexity index is 1770. The highest BCUT2D eigenvalue weighted by atomic mass is 32.1. The van der Waals surface area contributed by atoms with Crippen LogP contribution in [0.4, 0.5) is 8.78 Å². The number of carboxylic acids is 1. The van der Waals surface area contributed by atoms with E-state index in [9.17, 15) is 14.2 Å². The SMILES string of the molecule is COc1cc2nc(C(=O)CP(=O)(O)O)ccc2c(F)c1OCCCOc1c(OC)cc2sc(/C=C/CC(=O)O)cc2c1F. The molecule has 0 atom stereocenters. The maximum absolute atomic E-state index is 15.3. The minimum atomic E-state index is -4.61. The highest BCUT2D eigenvalue weighted by molar-refractivity contribution is 7.52. The minimum absolute atomic E-state index is 0.00664. The molecule has 2 aromatic heterocycles. The summed E-state index contributed by atoms with van der Waals surface area (Å²) in [7, 11) is -1.95. The second-order valence-corrected chi connectivity index (χ2v) is 11.8. The lowest BCUT2D eigenvalue weighted by atomic mass is 10.1. The minimum Gasteiger partial charge on any atom is -0.493 e. The number of ketones is 1. The van der Waals surface area contributed by atoms with Crippen LogP contribution in [0, 0.1) is 11.6 Å². The van der Waals surface area contributed by atoms with Gasteiger partial charge in [0.25, 0.3) is 0 Å². The lowest BCUT2D eigenvalue weighted by molar-refractivity contribution is -0.136. The molecule has 3 N–H and O–H groups in total. The molecule has 0 radical (unpaired) electrons. The summed E-state index contributed by atoms with van der Waals surface area (Å²) >= 11 is 1.27. The zero-order valence-electron chi connectivity index (χ0n) is 22.8. The molecule has 0 aliphatic rings. The van der Waals surface area contributed by atoms with Gasteiger partial charge in [0.15, 0.2) is 40.4 Å². The topological polar surface area (TPSA) is 162 Å². The molecule has 4 aromatic rings. The first-order valence-corrected chi connectivity index (χ1v) is 15.2. The molecule has 11 nitrogen and oxygen atoms in total. The number of carbonyl (C=O) groups is 2. The lowest BCUT2D eigenvalue weighted by Crippen LogP contribution is -2.09. The summed E-state index contributed by atoms with van der Waals surface area (Å²) in [5.41, 5.74) is -0.217. The van der Waals surface area contributed by atoms with E-state index in [0.29, 0.717) is 9.58 Å². The molecule has 43 heavy (non-hydrogen) atoms. The summed E-state index contributed by atoms with van der Waals surface area (Å²) in [6, 6.07) is 6.96. The van der Waals surface area contributed by atoms with Gasteiger partial charge in [0.1, 0.15) is 11.9 Å². The van der Waals surface area contributed by atoms with Gasteiger partial charge in [0.05, 0.1) is 39.4 Å². The summed E-state index contributed by atoms with van der Waals surface area (Å²) in [5.74, 6) is -3.53. The van der Waals surface area contributed by atoms with Gasteiger partial charge in [0.2, 0.25) is 0 Å². The van der Waals surface area contributed by atoms with Crippen LogP contribution < -0.4 is 18.9 Å². The molecule has 0 saturated heterocycles. The van der Waals surface area contributed by atoms with Gasteiger partial charge in [0, 0.05) is 38.9 Å². The molecule has 2 aromatic carbocycles. The van der Waals surface area contributed by atoms with Gasteiger partial charge < -0.3 is 33.8 Å². The average molecular weight is 638 g/mol. The fraction of sp³-hybridized carbons (Fsp3) is 0.250. The largest absolute Gasteiger partial charge is 0.493 e. The number of benzene rings is 2. The van der Waals surface area contributed by atoms with Crippen LogP contribution in [0.15, 0.2) is 36.4 Å². The van der Waals surface area contributed by atoms with Crippen molar-refractivity contribution in [3.8, 4) is 23.0 Å². The fourth-order valence-corrected chi connectivity index (χ4v) is 5.63. The Morgan fingerprint density at radius 1 is 0.977 bits per heavy atom. The number of halogens is 2. The Morgan fingerprint density at radius 2 is 1.60 bits per heavy atom. The highest BCUT2D eigenvalue weighted by Crippen LogP contribution is 2.41. The van der Waals surface area contributed by atoms with Crippen molar-refractivity contribution in [1.82, 2.24) is 4.98 Å². The maximum atomic E-state index is 15.3. The van der Waals surface area contributed by atoms with Crippen LogP contribution in [-0.2, 0) is 9.36 Å². The van der Waals surface area contributed by atoms with Crippen molar-refractivity contribution in [3.63, 3.8) is 0 Å². The fourth-order valence-electron chi connectivity index (χ4n) is 4.07. The van der Waals surface area contributed by atoms with Crippen molar-refractivity contribution in [2.24, 2.45) is 0 Å². The molecule has 4 rings (SSSR count). The number of carboxylic acid groups (broad SMARTS) is 1. The van der Waals surface area contributed by atoms with Gasteiger partial charge in [-0.05, 0) is 24.3 Å². The Hall–Kier alpha value is -4.10. The van der Waals surface area contributed by atoms with E-state index in [-0.39, 0.29) is 71.0 Å². The van der Waals surface area contributed by atoms with E-state index < -0.39 is 37.1 Å². The first-order chi connectivity index (χ1) is 20.4. The summed E-state index contributed by atoms with van der Waals surface area (Å²) in [5, 5.41) is 9.07. The van der Waals surface area contributed by atoms with Crippen molar-refractivity contribution in [2.45, 2.75) is 12.8 Å². The van der Waals surface area contributed by atoms with Gasteiger partial charge in [-0.25, -0.2) is 13.8 Å². The molecular formula is C28H26F2NO10PS. The Kier molecular flexibility index (Phi) is 9.97. The zero-order chi connectivity index (χ0) is 31.3. The van der Waals surface area contributed by atoms with Crippen molar-refractivity contribution in [2.75, 3.05) is 33.6 Å². The number of hydrogen-bond donors (Lipinski definition) is 3. The third kappa shape index (κ3) is 7.65. The summed E-state index contributed by atoms with van der Waals surface area (Å²) in [6.07, 6.45) is 2.09. The lowest BCUT2D eigenvalue weighted by Gasteiger charge is -2.15. The quantitative estimate of drug-likeness (QED) is 0.0917. The van der Waals surface area contributed by atoms with Crippen molar-refractivity contribution < 1.29 is 56.8 Å². The molecule has 0 saturated carbocycles. The van der Waals surface area contributed by atoms with Crippen LogP contribution >= 0.6 is 18.9 Å². The number of carbonyl (C=O) groups excluding carboxylic acids is 1. The predicted octanol–water partition coefficient (Wildman–Crippen LogP) is 5.44. The van der Waals surface area contributed by atoms with Gasteiger partial charge in [-0.2, -0.15) is 0 Å². The number of Topliss-reactive ketones (excluding diaryl/α,β-unsaturated/α-hetero) is 1. The van der Waals surface area contributed by atoms with E-state index in [0.717, 1.165) is 6.07 Å². The normalized spacial score (nSPS) is 11.8. The van der Waals surface area contributed by atoms with E-state index in [2.05, 4.69) is 4.98 Å². The van der Waals surface area contributed by atoms with Gasteiger partial charge in [-0.15, -0.1) is 11.3 Å². The average Bonchev–Trinajstić information content (AvgIpc) is 3.36. The monoisotopic (exact) mass is 637 g/mol. The van der Waals surface area contributed by atoms with E-state index in [1.165, 1.54) is 43.8 Å². The van der Waals surface area contributed by atoms with Crippen LogP contribution in [0.1, 0.15) is 28.2 Å². The number of nitrogens with zero attached hydrogens (tertiary/aromatic N) is 1. The molecule has 0 spiro atoms. The Labute approximate surface area is 247 Å². The number of rotatable bonds is 14. The Morgan fingerprint density at radius 3 is 2.21 bits per heavy atom. The van der Waals surface area contributed by atoms with Gasteiger partial charge in [-0.3, -0.25) is 14.2 Å². The number of aromatic nitrogens is 1. The first-order valence-electron chi connectivity index (χ1n) is 12.6. The number of fused-ring (bicyclic) bond motifs is 2. The molecule has 0 aliphatic heterocycles. The molecule has 0 bridgehead atoms. The van der Waals surface area contributed by atoms with Gasteiger partial charge in [-0.1, -0.05) is 6.08 Å². The third-order valence-electron chi connectivity index (χ3n) is 5.98. The Balaban J connectivity index is 1.44. The molecule has 0 amide bonds. The standard InChI is InChI=1S/C28H26F2NO10PS/c1-38-21-12-19-16(7-8-18(31-19)20(32)14-42(35,36)37)25(29)27(21)40-9-4-10-41-28-22(39-2)13-23-17(26(28)30)11-15(43-23)5-3-6-24(33)34/h3,5,7-8,11-13H,4,6,9-10,14H2,1-2H3,(H,33,34)(H2,35,36,37)/b5-3+. The predicted molar refractivity (Wildman–Crippen MR) is 155 cm³/mol. The zero-order valence-corrected chi connectivity index (χ0v) is 24.5. The third-order valence-corrected chi connectivity index (χ3v) is 7.73. The summed E-state index contributed by atoms with van der Waals surface area (Å²) in [6.45, 7) is -0.0629. The molecule has 0 aliphatic carbocycles. The highest BCUT2D eigenvalue weighted by Gasteiger charge is 2.23. The summed E-state index contributed by atoms with van der Waals surface area (Å²) in [4.78, 5) is 45.6. The van der Waals surface area contributed by atoms with Crippen LogP contribution in [0.2, 0.25) is 0 Å². The number of hydrogen-bond acceptors (Lipinski definition) is 9. The van der Waals surface area contributed by atoms with Crippen molar-refractivity contribution in [1.29, 1.82) is 0 Å². The second kappa shape index (κ2) is 13.5. The van der Waals surface area contributed by atoms with E-state index in [1.807, 2.05) is 0 Å². The van der Waals surface area contributed by atoms with Crippen LogP contribution in [-0.4, -0.2) is 65.2 Å². The molecule has 0 unspecified atom stereocenters. The second-order valence-electron chi connectivity index (χ2n) is 9.06. The molecule has 0 fully saturated rings. The first kappa shape index (κ1) is 31.8. The molecule has 2 heterocycles. The van der Waals surface area contributed by atoms with Gasteiger partial charge >= 0.3 is 13.6 Å². The number of aliphatic carboxylic acids is 1. The smallest absolute Gasteiger partial charge is 0.333 e. The number of methoxy groups -OCH3 is 2. The molecule has 15 heteroatoms. The van der Waals surface area contributed by atoms with Crippen molar-refractivity contribution >= 4 is 57.8 Å². The molecular weight excluding hydrogens is 611 g/mol. The van der Waals surface area contributed by atoms with Crippen LogP contribution in [0.5, 0.6) is 23.0 Å². The van der Waals surface area contributed by atoms with E-state index in [1.54, 1.807) is 18.2 Å². The summed E-state index contributed by atoms with van der Waals surface area (Å²) < 4.78 is 64.2. The number of ether oxygens (including phenoxy) is 4. The van der Waals surface area contributed by atoms with Crippen molar-refractivity contribution in [3.05, 3.63) is 58.6 Å². The van der Waals surface area contributed by atoms with Crippen LogP contribution in [0.3, 0.4) is 0 Å². The van der Waals surface area contributed by atoms with E-state index >= 15 is 8.78 Å². The maximum Gasteiger partial charge on any atom is 0.333 e.